The van der Waals surface area contributed by atoms with Crippen molar-refractivity contribution in [3.05, 3.63) is 59.7 Å². The molecule has 2 aromatic carbocycles. The van der Waals surface area contributed by atoms with Crippen molar-refractivity contribution >= 4 is 16.9 Å². The maximum absolute atomic E-state index is 11.0. The lowest BCUT2D eigenvalue weighted by Gasteiger charge is -2.08. The average molecular weight is 279 g/mol. The van der Waals surface area contributed by atoms with E-state index in [1.54, 1.807) is 36.4 Å². The van der Waals surface area contributed by atoms with Gasteiger partial charge in [-0.05, 0) is 48.9 Å². The molecule has 0 atom stereocenters. The van der Waals surface area contributed by atoms with Crippen molar-refractivity contribution in [1.29, 1.82) is 0 Å². The van der Waals surface area contributed by atoms with Crippen LogP contribution in [0.3, 0.4) is 0 Å². The number of aromatic carboxylic acids is 1. The van der Waals surface area contributed by atoms with Gasteiger partial charge < -0.3 is 10.2 Å². The third-order valence-electron chi connectivity index (χ3n) is 3.42. The molecule has 0 saturated carbocycles. The van der Waals surface area contributed by atoms with Crippen LogP contribution in [-0.2, 0) is 0 Å². The number of aromatic hydroxyl groups is 1. The molecule has 4 heteroatoms. The Morgan fingerprint density at radius 2 is 1.86 bits per heavy atom. The Morgan fingerprint density at radius 3 is 2.57 bits per heavy atom. The van der Waals surface area contributed by atoms with E-state index in [0.29, 0.717) is 0 Å². The van der Waals surface area contributed by atoms with E-state index < -0.39 is 5.97 Å². The molecule has 0 spiro atoms. The zero-order valence-electron chi connectivity index (χ0n) is 11.4. The van der Waals surface area contributed by atoms with Crippen molar-refractivity contribution in [2.75, 3.05) is 0 Å². The van der Waals surface area contributed by atoms with Gasteiger partial charge in [0.05, 0.1) is 16.8 Å². The molecule has 0 aliphatic rings. The van der Waals surface area contributed by atoms with Crippen LogP contribution in [0, 0.1) is 6.92 Å². The molecular formula is C17H13NO3. The summed E-state index contributed by atoms with van der Waals surface area (Å²) in [5, 5.41) is 19.3. The van der Waals surface area contributed by atoms with Gasteiger partial charge in [0.15, 0.2) is 0 Å². The van der Waals surface area contributed by atoms with Gasteiger partial charge >= 0.3 is 5.97 Å². The Kier molecular flexibility index (Phi) is 3.06. The largest absolute Gasteiger partial charge is 0.508 e. The first-order chi connectivity index (χ1) is 10.0. The summed E-state index contributed by atoms with van der Waals surface area (Å²) in [4.78, 5) is 15.5. The van der Waals surface area contributed by atoms with Gasteiger partial charge in [-0.15, -0.1) is 0 Å². The van der Waals surface area contributed by atoms with E-state index in [2.05, 4.69) is 4.98 Å². The van der Waals surface area contributed by atoms with Crippen molar-refractivity contribution in [2.24, 2.45) is 0 Å². The highest BCUT2D eigenvalue weighted by Gasteiger charge is 2.09. The van der Waals surface area contributed by atoms with E-state index in [-0.39, 0.29) is 11.3 Å². The van der Waals surface area contributed by atoms with Crippen LogP contribution < -0.4 is 0 Å². The zero-order chi connectivity index (χ0) is 15.0. The maximum Gasteiger partial charge on any atom is 0.335 e. The predicted octanol–water partition coefficient (Wildman–Crippen LogP) is 3.61. The molecule has 0 radical (unpaired) electrons. The number of hydrogen-bond acceptors (Lipinski definition) is 3. The van der Waals surface area contributed by atoms with E-state index in [9.17, 15) is 9.90 Å². The topological polar surface area (TPSA) is 70.4 Å². The second-order valence-electron chi connectivity index (χ2n) is 4.91. The van der Waals surface area contributed by atoms with E-state index >= 15 is 0 Å². The number of phenolic OH excluding ortho intramolecular Hbond substituents is 1. The molecule has 21 heavy (non-hydrogen) atoms. The zero-order valence-corrected chi connectivity index (χ0v) is 11.4. The van der Waals surface area contributed by atoms with Crippen LogP contribution in [0.2, 0.25) is 0 Å². The van der Waals surface area contributed by atoms with Crippen LogP contribution in [0.5, 0.6) is 5.75 Å². The third-order valence-corrected chi connectivity index (χ3v) is 3.42. The Bertz CT molecular complexity index is 856. The number of rotatable bonds is 2. The second kappa shape index (κ2) is 4.90. The SMILES string of the molecule is Cc1cc(C(=O)O)ccc1-c1ccc2cc(O)ccc2n1. The number of carboxylic acids is 1. The molecule has 1 heterocycles. The summed E-state index contributed by atoms with van der Waals surface area (Å²) in [7, 11) is 0. The summed E-state index contributed by atoms with van der Waals surface area (Å²) in [5.74, 6) is -0.731. The van der Waals surface area contributed by atoms with Crippen molar-refractivity contribution in [3.8, 4) is 17.0 Å². The third kappa shape index (κ3) is 2.43. The molecule has 3 aromatic rings. The van der Waals surface area contributed by atoms with Crippen LogP contribution in [0.25, 0.3) is 22.2 Å². The lowest BCUT2D eigenvalue weighted by molar-refractivity contribution is 0.0697. The number of aryl methyl sites for hydroxylation is 1. The summed E-state index contributed by atoms with van der Waals surface area (Å²) < 4.78 is 0. The lowest BCUT2D eigenvalue weighted by atomic mass is 10.0. The molecule has 0 saturated heterocycles. The molecule has 4 nitrogen and oxygen atoms in total. The fraction of sp³-hybridized carbons (Fsp3) is 0.0588. The van der Waals surface area contributed by atoms with E-state index in [4.69, 9.17) is 5.11 Å². The highest BCUT2D eigenvalue weighted by Crippen LogP contribution is 2.26. The van der Waals surface area contributed by atoms with Crippen LogP contribution in [0.15, 0.2) is 48.5 Å². The molecule has 0 amide bonds. The number of hydrogen-bond donors (Lipinski definition) is 2. The van der Waals surface area contributed by atoms with Crippen molar-refractivity contribution in [1.82, 2.24) is 4.98 Å². The number of pyridine rings is 1. The monoisotopic (exact) mass is 279 g/mol. The molecule has 0 bridgehead atoms. The Morgan fingerprint density at radius 1 is 1.05 bits per heavy atom. The van der Waals surface area contributed by atoms with Gasteiger partial charge in [-0.1, -0.05) is 12.1 Å². The van der Waals surface area contributed by atoms with Crippen LogP contribution >= 0.6 is 0 Å². The number of nitrogens with zero attached hydrogens (tertiary/aromatic N) is 1. The molecule has 0 unspecified atom stereocenters. The maximum atomic E-state index is 11.0. The van der Waals surface area contributed by atoms with Crippen molar-refractivity contribution < 1.29 is 15.0 Å². The summed E-state index contributed by atoms with van der Waals surface area (Å²) in [5.41, 5.74) is 3.59. The van der Waals surface area contributed by atoms with Gasteiger partial charge in [0, 0.05) is 10.9 Å². The Balaban J connectivity index is 2.12. The first kappa shape index (κ1) is 13.1. The molecular weight excluding hydrogens is 266 g/mol. The highest BCUT2D eigenvalue weighted by molar-refractivity contribution is 5.89. The van der Waals surface area contributed by atoms with Gasteiger partial charge in [0.2, 0.25) is 0 Å². The minimum Gasteiger partial charge on any atom is -0.508 e. The van der Waals surface area contributed by atoms with Crippen LogP contribution in [-0.4, -0.2) is 21.2 Å². The minimum atomic E-state index is -0.938. The Labute approximate surface area is 121 Å². The van der Waals surface area contributed by atoms with Crippen molar-refractivity contribution in [3.63, 3.8) is 0 Å². The molecule has 0 aliphatic carbocycles. The molecule has 3 rings (SSSR count). The first-order valence-electron chi connectivity index (χ1n) is 6.49. The van der Waals surface area contributed by atoms with Crippen LogP contribution in [0.4, 0.5) is 0 Å². The quantitative estimate of drug-likeness (QED) is 0.751. The van der Waals surface area contributed by atoms with E-state index in [1.807, 2.05) is 19.1 Å². The number of phenols is 1. The molecule has 0 fully saturated rings. The summed E-state index contributed by atoms with van der Waals surface area (Å²) in [6.07, 6.45) is 0. The molecule has 2 N–H and O–H groups in total. The van der Waals surface area contributed by atoms with E-state index in [1.165, 1.54) is 0 Å². The van der Waals surface area contributed by atoms with Gasteiger partial charge in [-0.2, -0.15) is 0 Å². The normalized spacial score (nSPS) is 10.7. The minimum absolute atomic E-state index is 0.207. The van der Waals surface area contributed by atoms with Gasteiger partial charge in [-0.25, -0.2) is 9.78 Å². The number of benzene rings is 2. The number of carbonyl (C=O) groups is 1. The average Bonchev–Trinajstić information content (AvgIpc) is 2.46. The van der Waals surface area contributed by atoms with Crippen LogP contribution in [0.1, 0.15) is 15.9 Å². The number of carboxylic acid groups (broad SMARTS) is 1. The smallest absolute Gasteiger partial charge is 0.335 e. The summed E-state index contributed by atoms with van der Waals surface area (Å²) >= 11 is 0. The summed E-state index contributed by atoms with van der Waals surface area (Å²) in [6.45, 7) is 1.87. The number of fused-ring (bicyclic) bond motifs is 1. The predicted molar refractivity (Wildman–Crippen MR) is 80.5 cm³/mol. The fourth-order valence-corrected chi connectivity index (χ4v) is 2.35. The van der Waals surface area contributed by atoms with Gasteiger partial charge in [-0.3, -0.25) is 0 Å². The summed E-state index contributed by atoms with van der Waals surface area (Å²) in [6, 6.07) is 13.8. The standard InChI is InChI=1S/C17H13NO3/c1-10-8-12(17(20)21)2-5-14(10)16-6-3-11-9-13(19)4-7-15(11)18-16/h2-9,19H,1H3,(H,20,21). The van der Waals surface area contributed by atoms with E-state index in [0.717, 1.165) is 27.7 Å². The van der Waals surface area contributed by atoms with Gasteiger partial charge in [0.25, 0.3) is 0 Å². The fourth-order valence-electron chi connectivity index (χ4n) is 2.35. The first-order valence-corrected chi connectivity index (χ1v) is 6.49. The second-order valence-corrected chi connectivity index (χ2v) is 4.91. The molecule has 0 aliphatic heterocycles. The molecule has 104 valence electrons. The lowest BCUT2D eigenvalue weighted by Crippen LogP contribution is -1.97. The number of aromatic nitrogens is 1. The highest BCUT2D eigenvalue weighted by atomic mass is 16.4. The Hall–Kier alpha value is -2.88. The van der Waals surface area contributed by atoms with Gasteiger partial charge in [0.1, 0.15) is 5.75 Å². The molecule has 1 aromatic heterocycles. The van der Waals surface area contributed by atoms with Crippen molar-refractivity contribution in [2.45, 2.75) is 6.92 Å².